The molecule has 7 heteroatoms. The molecule has 130 valence electrons. The SMILES string of the molecule is Cc1cnc(C2COCCN2C(=O)Cn2c(C)nc3ccccc32)[nH]1. The number of nitrogens with zero attached hydrogens (tertiary/aromatic N) is 4. The van der Waals surface area contributed by atoms with Crippen LogP contribution in [0.3, 0.4) is 0 Å². The fourth-order valence-electron chi connectivity index (χ4n) is 3.35. The summed E-state index contributed by atoms with van der Waals surface area (Å²) in [5.41, 5.74) is 2.87. The van der Waals surface area contributed by atoms with Crippen molar-refractivity contribution in [2.75, 3.05) is 19.8 Å². The number of imidazole rings is 2. The Labute approximate surface area is 145 Å². The number of H-pyrrole nitrogens is 1. The number of aromatic amines is 1. The normalized spacial score (nSPS) is 18.0. The highest BCUT2D eigenvalue weighted by Crippen LogP contribution is 2.23. The van der Waals surface area contributed by atoms with Gasteiger partial charge in [-0.25, -0.2) is 9.97 Å². The number of aryl methyl sites for hydroxylation is 2. The Balaban J connectivity index is 1.61. The first-order valence-electron chi connectivity index (χ1n) is 8.44. The maximum Gasteiger partial charge on any atom is 0.243 e. The number of ether oxygens (including phenoxy) is 1. The molecular formula is C18H21N5O2. The van der Waals surface area contributed by atoms with Crippen molar-refractivity contribution in [3.05, 3.63) is 47.8 Å². The quantitative estimate of drug-likeness (QED) is 0.792. The van der Waals surface area contributed by atoms with E-state index in [0.717, 1.165) is 28.4 Å². The molecule has 1 aliphatic rings. The van der Waals surface area contributed by atoms with Crippen molar-refractivity contribution in [2.24, 2.45) is 0 Å². The number of fused-ring (bicyclic) bond motifs is 1. The summed E-state index contributed by atoms with van der Waals surface area (Å²) < 4.78 is 7.55. The Morgan fingerprint density at radius 1 is 1.36 bits per heavy atom. The van der Waals surface area contributed by atoms with Crippen molar-refractivity contribution >= 4 is 16.9 Å². The third-order valence-electron chi connectivity index (χ3n) is 4.63. The van der Waals surface area contributed by atoms with E-state index in [0.29, 0.717) is 19.8 Å². The zero-order valence-corrected chi connectivity index (χ0v) is 14.4. The average molecular weight is 339 g/mol. The lowest BCUT2D eigenvalue weighted by atomic mass is 10.2. The maximum atomic E-state index is 13.0. The van der Waals surface area contributed by atoms with Gasteiger partial charge in [-0.3, -0.25) is 4.79 Å². The van der Waals surface area contributed by atoms with Gasteiger partial charge in [-0.15, -0.1) is 0 Å². The van der Waals surface area contributed by atoms with Crippen LogP contribution < -0.4 is 0 Å². The van der Waals surface area contributed by atoms with Crippen LogP contribution >= 0.6 is 0 Å². The van der Waals surface area contributed by atoms with Crippen LogP contribution in [0, 0.1) is 13.8 Å². The summed E-state index contributed by atoms with van der Waals surface area (Å²) in [6.45, 7) is 5.72. The molecule has 0 saturated carbocycles. The number of carbonyl (C=O) groups is 1. The van der Waals surface area contributed by atoms with E-state index < -0.39 is 0 Å². The van der Waals surface area contributed by atoms with E-state index in [2.05, 4.69) is 15.0 Å². The van der Waals surface area contributed by atoms with Gasteiger partial charge in [0.1, 0.15) is 24.2 Å². The van der Waals surface area contributed by atoms with Crippen LogP contribution in [0.15, 0.2) is 30.5 Å². The minimum Gasteiger partial charge on any atom is -0.377 e. The summed E-state index contributed by atoms with van der Waals surface area (Å²) in [5, 5.41) is 0. The highest BCUT2D eigenvalue weighted by Gasteiger charge is 2.31. The number of hydrogen-bond donors (Lipinski definition) is 1. The summed E-state index contributed by atoms with van der Waals surface area (Å²) in [6.07, 6.45) is 1.78. The topological polar surface area (TPSA) is 76.0 Å². The first-order chi connectivity index (χ1) is 12.1. The minimum absolute atomic E-state index is 0.0496. The molecule has 3 heterocycles. The van der Waals surface area contributed by atoms with E-state index in [1.807, 2.05) is 47.6 Å². The van der Waals surface area contributed by atoms with Crippen molar-refractivity contribution < 1.29 is 9.53 Å². The summed E-state index contributed by atoms with van der Waals surface area (Å²) in [7, 11) is 0. The standard InChI is InChI=1S/C18H21N5O2/c1-12-9-19-18(20-12)16-11-25-8-7-22(16)17(24)10-23-13(2)21-14-5-3-4-6-15(14)23/h3-6,9,16H,7-8,10-11H2,1-2H3,(H,19,20). The van der Waals surface area contributed by atoms with E-state index in [-0.39, 0.29) is 18.5 Å². The van der Waals surface area contributed by atoms with Gasteiger partial charge in [0.15, 0.2) is 0 Å². The molecule has 1 atom stereocenters. The van der Waals surface area contributed by atoms with E-state index in [1.165, 1.54) is 0 Å². The van der Waals surface area contributed by atoms with Gasteiger partial charge in [0.2, 0.25) is 5.91 Å². The average Bonchev–Trinajstić information content (AvgIpc) is 3.19. The maximum absolute atomic E-state index is 13.0. The molecule has 4 rings (SSSR count). The number of rotatable bonds is 3. The second kappa shape index (κ2) is 6.33. The van der Waals surface area contributed by atoms with E-state index in [1.54, 1.807) is 6.20 Å². The fraction of sp³-hybridized carbons (Fsp3) is 0.389. The molecule has 1 fully saturated rings. The zero-order valence-electron chi connectivity index (χ0n) is 14.4. The third-order valence-corrected chi connectivity index (χ3v) is 4.63. The van der Waals surface area contributed by atoms with Gasteiger partial charge in [0, 0.05) is 18.4 Å². The Kier molecular flexibility index (Phi) is 4.01. The largest absolute Gasteiger partial charge is 0.377 e. The van der Waals surface area contributed by atoms with Gasteiger partial charge in [0.25, 0.3) is 0 Å². The highest BCUT2D eigenvalue weighted by molar-refractivity contribution is 5.81. The fourth-order valence-corrected chi connectivity index (χ4v) is 3.35. The predicted octanol–water partition coefficient (Wildman–Crippen LogP) is 1.98. The third kappa shape index (κ3) is 2.91. The molecule has 0 radical (unpaired) electrons. The van der Waals surface area contributed by atoms with Gasteiger partial charge < -0.3 is 19.2 Å². The van der Waals surface area contributed by atoms with Crippen LogP contribution in [0.1, 0.15) is 23.4 Å². The molecular weight excluding hydrogens is 318 g/mol. The van der Waals surface area contributed by atoms with E-state index in [4.69, 9.17) is 4.74 Å². The van der Waals surface area contributed by atoms with Gasteiger partial charge >= 0.3 is 0 Å². The molecule has 0 aliphatic carbocycles. The summed E-state index contributed by atoms with van der Waals surface area (Å²) in [6, 6.07) is 7.71. The van der Waals surface area contributed by atoms with Gasteiger partial charge in [-0.2, -0.15) is 0 Å². The van der Waals surface area contributed by atoms with Crippen molar-refractivity contribution in [3.8, 4) is 0 Å². The Morgan fingerprint density at radius 3 is 3.00 bits per heavy atom. The number of hydrogen-bond acceptors (Lipinski definition) is 4. The molecule has 7 nitrogen and oxygen atoms in total. The first-order valence-corrected chi connectivity index (χ1v) is 8.44. The number of amides is 1. The molecule has 3 aromatic rings. The van der Waals surface area contributed by atoms with Crippen molar-refractivity contribution in [3.63, 3.8) is 0 Å². The van der Waals surface area contributed by atoms with Gasteiger partial charge in [-0.1, -0.05) is 12.1 Å². The molecule has 1 saturated heterocycles. The first kappa shape index (κ1) is 15.8. The van der Waals surface area contributed by atoms with Crippen molar-refractivity contribution in [1.29, 1.82) is 0 Å². The minimum atomic E-state index is -0.176. The molecule has 1 amide bonds. The number of benzene rings is 1. The summed E-state index contributed by atoms with van der Waals surface area (Å²) in [5.74, 6) is 1.67. The van der Waals surface area contributed by atoms with Crippen molar-refractivity contribution in [2.45, 2.75) is 26.4 Å². The van der Waals surface area contributed by atoms with Crippen LogP contribution in [0.2, 0.25) is 0 Å². The summed E-state index contributed by atoms with van der Waals surface area (Å²) >= 11 is 0. The second-order valence-corrected chi connectivity index (χ2v) is 6.36. The second-order valence-electron chi connectivity index (χ2n) is 6.36. The van der Waals surface area contributed by atoms with Gasteiger partial charge in [-0.05, 0) is 26.0 Å². The lowest BCUT2D eigenvalue weighted by Crippen LogP contribution is -2.45. The Hall–Kier alpha value is -2.67. The number of aromatic nitrogens is 4. The Morgan fingerprint density at radius 2 is 2.20 bits per heavy atom. The number of carbonyl (C=O) groups excluding carboxylic acids is 1. The lowest BCUT2D eigenvalue weighted by molar-refractivity contribution is -0.141. The van der Waals surface area contributed by atoms with E-state index in [9.17, 15) is 4.79 Å². The van der Waals surface area contributed by atoms with Crippen LogP contribution in [0.4, 0.5) is 0 Å². The molecule has 1 unspecified atom stereocenters. The molecule has 1 N–H and O–H groups in total. The zero-order chi connectivity index (χ0) is 17.4. The van der Waals surface area contributed by atoms with Crippen LogP contribution in [-0.2, 0) is 16.1 Å². The van der Waals surface area contributed by atoms with E-state index >= 15 is 0 Å². The predicted molar refractivity (Wildman–Crippen MR) is 93.1 cm³/mol. The number of nitrogens with one attached hydrogen (secondary N) is 1. The molecule has 0 bridgehead atoms. The monoisotopic (exact) mass is 339 g/mol. The molecule has 1 aliphatic heterocycles. The molecule has 1 aromatic carbocycles. The highest BCUT2D eigenvalue weighted by atomic mass is 16.5. The van der Waals surface area contributed by atoms with Crippen LogP contribution in [0.25, 0.3) is 11.0 Å². The molecule has 0 spiro atoms. The van der Waals surface area contributed by atoms with Crippen LogP contribution in [0.5, 0.6) is 0 Å². The van der Waals surface area contributed by atoms with Crippen LogP contribution in [-0.4, -0.2) is 50.1 Å². The van der Waals surface area contributed by atoms with Crippen molar-refractivity contribution in [1.82, 2.24) is 24.4 Å². The lowest BCUT2D eigenvalue weighted by Gasteiger charge is -2.34. The molecule has 2 aromatic heterocycles. The number of morpholine rings is 1. The number of para-hydroxylation sites is 2. The van der Waals surface area contributed by atoms with Gasteiger partial charge in [0.05, 0.1) is 24.2 Å². The summed E-state index contributed by atoms with van der Waals surface area (Å²) in [4.78, 5) is 27.0. The Bertz CT molecular complexity index is 913. The molecule has 25 heavy (non-hydrogen) atoms. The smallest absolute Gasteiger partial charge is 0.243 e.